The van der Waals surface area contributed by atoms with E-state index in [1.165, 1.54) is 27.4 Å². The number of carbonyl (C=O) groups is 1. The molecule has 1 aliphatic rings. The maximum atomic E-state index is 14.5. The van der Waals surface area contributed by atoms with Gasteiger partial charge in [-0.2, -0.15) is 0 Å². The first-order chi connectivity index (χ1) is 12.0. The molecule has 0 fully saturated rings. The van der Waals surface area contributed by atoms with Gasteiger partial charge in [0, 0.05) is 28.8 Å². The summed E-state index contributed by atoms with van der Waals surface area (Å²) in [6, 6.07) is 6.51. The van der Waals surface area contributed by atoms with Crippen molar-refractivity contribution in [2.75, 3.05) is 21.3 Å². The summed E-state index contributed by atoms with van der Waals surface area (Å²) >= 11 is 3.38. The summed E-state index contributed by atoms with van der Waals surface area (Å²) < 4.78 is 31.7. The molecule has 0 radical (unpaired) electrons. The molecule has 0 amide bonds. The Hall–Kier alpha value is -2.08. The third kappa shape index (κ3) is 3.11. The first kappa shape index (κ1) is 17.7. The summed E-state index contributed by atoms with van der Waals surface area (Å²) in [6.45, 7) is 0. The van der Waals surface area contributed by atoms with Gasteiger partial charge in [0.25, 0.3) is 0 Å². The van der Waals surface area contributed by atoms with E-state index in [4.69, 9.17) is 14.2 Å². The van der Waals surface area contributed by atoms with Crippen molar-refractivity contribution in [2.45, 2.75) is 18.8 Å². The van der Waals surface area contributed by atoms with Crippen LogP contribution in [0.5, 0.6) is 17.2 Å². The summed E-state index contributed by atoms with van der Waals surface area (Å²) in [5, 5.41) is 0. The van der Waals surface area contributed by atoms with Gasteiger partial charge in [0.1, 0.15) is 11.6 Å². The second-order valence-corrected chi connectivity index (χ2v) is 6.77. The number of benzene rings is 2. The van der Waals surface area contributed by atoms with Crippen molar-refractivity contribution in [1.82, 2.24) is 0 Å². The molecule has 0 aliphatic heterocycles. The van der Waals surface area contributed by atoms with Crippen molar-refractivity contribution in [3.05, 3.63) is 51.2 Å². The summed E-state index contributed by atoms with van der Waals surface area (Å²) in [6.07, 6.45) is 0.477. The predicted octanol–water partition coefficient (Wildman–Crippen LogP) is 4.26. The summed E-state index contributed by atoms with van der Waals surface area (Å²) in [4.78, 5) is 12.3. The fourth-order valence-electron chi connectivity index (χ4n) is 3.42. The molecular weight excluding hydrogens is 391 g/mol. The van der Waals surface area contributed by atoms with Gasteiger partial charge in [-0.15, -0.1) is 0 Å². The highest BCUT2D eigenvalue weighted by Crippen LogP contribution is 2.50. The smallest absolute Gasteiger partial charge is 0.203 e. The first-order valence-corrected chi connectivity index (χ1v) is 8.57. The molecule has 0 spiro atoms. The van der Waals surface area contributed by atoms with Crippen molar-refractivity contribution in [2.24, 2.45) is 0 Å². The average Bonchev–Trinajstić information content (AvgIpc) is 2.61. The predicted molar refractivity (Wildman–Crippen MR) is 95.4 cm³/mol. The molecule has 1 unspecified atom stereocenters. The van der Waals surface area contributed by atoms with Crippen LogP contribution in [-0.4, -0.2) is 27.1 Å². The molecule has 0 heterocycles. The Morgan fingerprint density at radius 3 is 2.44 bits per heavy atom. The van der Waals surface area contributed by atoms with Gasteiger partial charge in [0.2, 0.25) is 5.75 Å². The van der Waals surface area contributed by atoms with Gasteiger partial charge in [-0.3, -0.25) is 4.79 Å². The number of rotatable bonds is 4. The molecule has 3 rings (SSSR count). The number of Topliss-reactive ketones (excluding diaryl/α,β-unsaturated/α-hetero) is 1. The fraction of sp³-hybridized carbons (Fsp3) is 0.316. The van der Waals surface area contributed by atoms with Crippen molar-refractivity contribution in [3.63, 3.8) is 0 Å². The van der Waals surface area contributed by atoms with E-state index in [2.05, 4.69) is 15.9 Å². The number of carbonyl (C=O) groups excluding carboxylic acids is 1. The first-order valence-electron chi connectivity index (χ1n) is 7.78. The van der Waals surface area contributed by atoms with Gasteiger partial charge in [-0.05, 0) is 35.4 Å². The van der Waals surface area contributed by atoms with E-state index in [1.54, 1.807) is 18.2 Å². The van der Waals surface area contributed by atoms with Crippen molar-refractivity contribution >= 4 is 21.7 Å². The van der Waals surface area contributed by atoms with Crippen LogP contribution < -0.4 is 14.2 Å². The Balaban J connectivity index is 2.29. The van der Waals surface area contributed by atoms with Gasteiger partial charge >= 0.3 is 0 Å². The zero-order valence-electron chi connectivity index (χ0n) is 14.2. The third-order valence-corrected chi connectivity index (χ3v) is 4.95. The van der Waals surface area contributed by atoms with Gasteiger partial charge in [0.15, 0.2) is 11.5 Å². The number of hydrogen-bond donors (Lipinski definition) is 0. The van der Waals surface area contributed by atoms with Crippen LogP contribution in [0.3, 0.4) is 0 Å². The molecular formula is C19H18BrFO4. The summed E-state index contributed by atoms with van der Waals surface area (Å²) in [5.41, 5.74) is 2.00. The van der Waals surface area contributed by atoms with Crippen LogP contribution in [0.1, 0.15) is 29.0 Å². The Bertz CT molecular complexity index is 835. The lowest BCUT2D eigenvalue weighted by molar-refractivity contribution is -0.119. The van der Waals surface area contributed by atoms with E-state index in [0.717, 1.165) is 15.6 Å². The average molecular weight is 409 g/mol. The van der Waals surface area contributed by atoms with Gasteiger partial charge in [-0.25, -0.2) is 4.39 Å². The molecule has 2 aromatic carbocycles. The Kier molecular flexibility index (Phi) is 4.99. The van der Waals surface area contributed by atoms with Gasteiger partial charge in [0.05, 0.1) is 21.3 Å². The van der Waals surface area contributed by atoms with Crippen LogP contribution in [0.4, 0.5) is 4.39 Å². The number of halogens is 2. The van der Waals surface area contributed by atoms with Crippen LogP contribution in [0, 0.1) is 5.82 Å². The molecule has 25 heavy (non-hydrogen) atoms. The maximum absolute atomic E-state index is 14.5. The molecule has 0 saturated carbocycles. The van der Waals surface area contributed by atoms with Crippen molar-refractivity contribution in [3.8, 4) is 17.2 Å². The Morgan fingerprint density at radius 1 is 1.08 bits per heavy atom. The molecule has 0 aromatic heterocycles. The van der Waals surface area contributed by atoms with Crippen molar-refractivity contribution in [1.29, 1.82) is 0 Å². The van der Waals surface area contributed by atoms with E-state index in [9.17, 15) is 9.18 Å². The standard InChI is InChI=1S/C19H18BrFO4/c1-23-16-7-10-6-12(22)9-14(13-8-11(20)4-5-15(13)21)17(10)19(25-3)18(16)24-2/h4-5,7-8,14H,6,9H2,1-3H3. The molecule has 4 nitrogen and oxygen atoms in total. The van der Waals surface area contributed by atoms with E-state index in [-0.39, 0.29) is 24.4 Å². The quantitative estimate of drug-likeness (QED) is 0.757. The fourth-order valence-corrected chi connectivity index (χ4v) is 3.80. The van der Waals surface area contributed by atoms with E-state index < -0.39 is 5.92 Å². The highest BCUT2D eigenvalue weighted by molar-refractivity contribution is 9.10. The zero-order chi connectivity index (χ0) is 18.1. The van der Waals surface area contributed by atoms with Crippen LogP contribution in [0.2, 0.25) is 0 Å². The topological polar surface area (TPSA) is 44.8 Å². The monoisotopic (exact) mass is 408 g/mol. The molecule has 6 heteroatoms. The van der Waals surface area contributed by atoms with Gasteiger partial charge < -0.3 is 14.2 Å². The molecule has 0 saturated heterocycles. The normalized spacial score (nSPS) is 16.4. The van der Waals surface area contributed by atoms with Crippen molar-refractivity contribution < 1.29 is 23.4 Å². The maximum Gasteiger partial charge on any atom is 0.203 e. The van der Waals surface area contributed by atoms with E-state index >= 15 is 0 Å². The lowest BCUT2D eigenvalue weighted by Crippen LogP contribution is -2.21. The summed E-state index contributed by atoms with van der Waals surface area (Å²) in [7, 11) is 4.58. The second kappa shape index (κ2) is 7.04. The minimum absolute atomic E-state index is 0.0474. The van der Waals surface area contributed by atoms with Gasteiger partial charge in [-0.1, -0.05) is 15.9 Å². The van der Waals surface area contributed by atoms with Crippen LogP contribution in [0.25, 0.3) is 0 Å². The lowest BCUT2D eigenvalue weighted by atomic mass is 9.77. The number of methoxy groups -OCH3 is 3. The van der Waals surface area contributed by atoms with Crippen LogP contribution in [0.15, 0.2) is 28.7 Å². The molecule has 2 aromatic rings. The lowest BCUT2D eigenvalue weighted by Gasteiger charge is -2.29. The molecule has 1 atom stereocenters. The number of ether oxygens (including phenoxy) is 3. The number of hydrogen-bond acceptors (Lipinski definition) is 4. The SMILES string of the molecule is COc1cc2c(c(OC)c1OC)C(c1cc(Br)ccc1F)CC(=O)C2. The molecule has 1 aliphatic carbocycles. The van der Waals surface area contributed by atoms with E-state index in [1.807, 2.05) is 0 Å². The second-order valence-electron chi connectivity index (χ2n) is 5.86. The Labute approximate surface area is 154 Å². The highest BCUT2D eigenvalue weighted by atomic mass is 79.9. The minimum atomic E-state index is -0.441. The number of fused-ring (bicyclic) bond motifs is 1. The zero-order valence-corrected chi connectivity index (χ0v) is 15.8. The van der Waals surface area contributed by atoms with Crippen LogP contribution in [-0.2, 0) is 11.2 Å². The number of ketones is 1. The molecule has 0 bridgehead atoms. The minimum Gasteiger partial charge on any atom is -0.493 e. The van der Waals surface area contributed by atoms with Crippen LogP contribution >= 0.6 is 15.9 Å². The third-order valence-electron chi connectivity index (χ3n) is 4.46. The van der Waals surface area contributed by atoms with E-state index in [0.29, 0.717) is 22.8 Å². The summed E-state index contributed by atoms with van der Waals surface area (Å²) in [5.74, 6) is 0.661. The molecule has 132 valence electrons. The molecule has 0 N–H and O–H groups in total. The largest absolute Gasteiger partial charge is 0.493 e. The Morgan fingerprint density at radius 2 is 1.80 bits per heavy atom. The highest BCUT2D eigenvalue weighted by Gasteiger charge is 2.34.